The third-order valence-corrected chi connectivity index (χ3v) is 7.33. The number of rotatable bonds is 1. The first-order chi connectivity index (χ1) is 12.3. The second-order valence-electron chi connectivity index (χ2n) is 8.85. The van der Waals surface area contributed by atoms with Crippen molar-refractivity contribution in [3.63, 3.8) is 0 Å². The Balaban J connectivity index is 1.49. The highest BCUT2D eigenvalue weighted by Crippen LogP contribution is 2.54. The number of ether oxygens (including phenoxy) is 1. The van der Waals surface area contributed by atoms with Crippen LogP contribution in [0.1, 0.15) is 51.9 Å². The summed E-state index contributed by atoms with van der Waals surface area (Å²) in [5.74, 6) is -1.97. The highest BCUT2D eigenvalue weighted by Gasteiger charge is 2.60. The Morgan fingerprint density at radius 3 is 2.19 bits per heavy atom. The Morgan fingerprint density at radius 1 is 0.923 bits per heavy atom. The summed E-state index contributed by atoms with van der Waals surface area (Å²) in [6.07, 6.45) is -3.13. The van der Waals surface area contributed by atoms with Crippen LogP contribution in [0.4, 0.5) is 22.0 Å². The van der Waals surface area contributed by atoms with Gasteiger partial charge in [0, 0.05) is 5.92 Å². The van der Waals surface area contributed by atoms with E-state index in [0.717, 1.165) is 31.3 Å². The Bertz CT molecular complexity index is 559. The molecule has 1 nitrogen and oxygen atoms in total. The normalized spacial score (nSPS) is 49.3. The molecule has 26 heavy (non-hydrogen) atoms. The Morgan fingerprint density at radius 2 is 1.58 bits per heavy atom. The fourth-order valence-electron chi connectivity index (χ4n) is 5.83. The van der Waals surface area contributed by atoms with Gasteiger partial charge in [0.25, 0.3) is 0 Å². The molecule has 9 unspecified atom stereocenters. The fraction of sp³-hybridized carbons (Fsp3) is 0.900. The first-order valence-corrected chi connectivity index (χ1v) is 9.96. The molecule has 1 saturated heterocycles. The van der Waals surface area contributed by atoms with E-state index < -0.39 is 36.6 Å². The molecule has 2 saturated carbocycles. The lowest BCUT2D eigenvalue weighted by molar-refractivity contribution is -0.217. The minimum Gasteiger partial charge on any atom is -0.368 e. The number of fused-ring (bicyclic) bond motifs is 3. The van der Waals surface area contributed by atoms with E-state index in [0.29, 0.717) is 12.3 Å². The van der Waals surface area contributed by atoms with Crippen LogP contribution in [0.2, 0.25) is 0 Å². The van der Waals surface area contributed by atoms with Crippen LogP contribution in [0.25, 0.3) is 0 Å². The van der Waals surface area contributed by atoms with E-state index in [-0.39, 0.29) is 30.6 Å². The van der Waals surface area contributed by atoms with Crippen LogP contribution >= 0.6 is 0 Å². The molecule has 1 aliphatic heterocycles. The van der Waals surface area contributed by atoms with Gasteiger partial charge in [0.15, 0.2) is 0 Å². The van der Waals surface area contributed by atoms with Crippen LogP contribution in [0.5, 0.6) is 0 Å². The van der Waals surface area contributed by atoms with Gasteiger partial charge >= 0.3 is 6.18 Å². The summed E-state index contributed by atoms with van der Waals surface area (Å²) in [7, 11) is 0. The Hall–Kier alpha value is -0.650. The molecule has 0 aromatic heterocycles. The molecule has 0 bridgehead atoms. The zero-order valence-electron chi connectivity index (χ0n) is 15.0. The first kappa shape index (κ1) is 18.7. The maximum atomic E-state index is 15.3. The van der Waals surface area contributed by atoms with E-state index in [4.69, 9.17) is 4.74 Å². The van der Waals surface area contributed by atoms with E-state index >= 15 is 4.39 Å². The summed E-state index contributed by atoms with van der Waals surface area (Å²) in [6.45, 7) is 2.18. The van der Waals surface area contributed by atoms with E-state index in [1.807, 2.05) is 0 Å². The largest absolute Gasteiger partial charge is 0.394 e. The number of hydrogen-bond donors (Lipinski definition) is 0. The number of halogens is 5. The molecular formula is C20H27F5O. The van der Waals surface area contributed by atoms with Crippen LogP contribution in [-0.2, 0) is 4.74 Å². The van der Waals surface area contributed by atoms with Gasteiger partial charge < -0.3 is 4.74 Å². The highest BCUT2D eigenvalue weighted by molar-refractivity contribution is 5.16. The van der Waals surface area contributed by atoms with Crippen LogP contribution < -0.4 is 0 Å². The molecule has 0 N–H and O–H groups in total. The van der Waals surface area contributed by atoms with Gasteiger partial charge in [-0.3, -0.25) is 0 Å². The van der Waals surface area contributed by atoms with Crippen molar-refractivity contribution >= 4 is 0 Å². The van der Waals surface area contributed by atoms with Crippen molar-refractivity contribution in [3.8, 4) is 0 Å². The summed E-state index contributed by atoms with van der Waals surface area (Å²) < 4.78 is 74.7. The second-order valence-corrected chi connectivity index (χ2v) is 8.85. The standard InChI is InChI=1S/C20H27F5O/c1-10-2-4-11(5-3-10)12-6-7-13-14-8-9-15(20(23,24)25)17(22)19(14)26-18(13)16(12)21/h4,10,12-19H,2-3,5-9H2,1H3. The second kappa shape index (κ2) is 6.75. The zero-order valence-corrected chi connectivity index (χ0v) is 15.0. The smallest absolute Gasteiger partial charge is 0.368 e. The van der Waals surface area contributed by atoms with Crippen molar-refractivity contribution in [2.75, 3.05) is 0 Å². The first-order valence-electron chi connectivity index (χ1n) is 9.96. The van der Waals surface area contributed by atoms with Gasteiger partial charge in [-0.25, -0.2) is 8.78 Å². The van der Waals surface area contributed by atoms with Crippen LogP contribution in [0, 0.1) is 29.6 Å². The highest BCUT2D eigenvalue weighted by atomic mass is 19.4. The maximum absolute atomic E-state index is 15.3. The zero-order chi connectivity index (χ0) is 18.6. The molecule has 3 fully saturated rings. The van der Waals surface area contributed by atoms with Crippen molar-refractivity contribution in [3.05, 3.63) is 11.6 Å². The quantitative estimate of drug-likeness (QED) is 0.414. The topological polar surface area (TPSA) is 9.23 Å². The predicted molar refractivity (Wildman–Crippen MR) is 88.0 cm³/mol. The van der Waals surface area contributed by atoms with Gasteiger partial charge in [0.2, 0.25) is 0 Å². The maximum Gasteiger partial charge on any atom is 0.394 e. The molecular weight excluding hydrogens is 351 g/mol. The summed E-state index contributed by atoms with van der Waals surface area (Å²) in [5, 5.41) is 0. The molecule has 6 heteroatoms. The summed E-state index contributed by atoms with van der Waals surface area (Å²) >= 11 is 0. The van der Waals surface area contributed by atoms with Crippen molar-refractivity contribution in [2.45, 2.75) is 82.6 Å². The molecule has 0 spiro atoms. The van der Waals surface area contributed by atoms with Crippen molar-refractivity contribution in [1.82, 2.24) is 0 Å². The van der Waals surface area contributed by atoms with E-state index in [1.54, 1.807) is 0 Å². The van der Waals surface area contributed by atoms with Gasteiger partial charge in [0.1, 0.15) is 12.3 Å². The summed E-state index contributed by atoms with van der Waals surface area (Å²) in [5.41, 5.74) is 1.14. The summed E-state index contributed by atoms with van der Waals surface area (Å²) in [4.78, 5) is 0. The lowest BCUT2D eigenvalue weighted by Gasteiger charge is -2.39. The molecule has 9 atom stereocenters. The summed E-state index contributed by atoms with van der Waals surface area (Å²) in [6, 6.07) is 0. The van der Waals surface area contributed by atoms with Crippen LogP contribution in [0.3, 0.4) is 0 Å². The van der Waals surface area contributed by atoms with E-state index in [9.17, 15) is 17.6 Å². The Labute approximate surface area is 151 Å². The molecule has 4 rings (SSSR count). The third-order valence-electron chi connectivity index (χ3n) is 7.33. The SMILES string of the molecule is CC1CC=C(C2CCC3C4CCC(C(F)(F)F)C(F)C4OC3C2F)CC1. The van der Waals surface area contributed by atoms with Gasteiger partial charge in [0.05, 0.1) is 18.1 Å². The monoisotopic (exact) mass is 378 g/mol. The fourth-order valence-corrected chi connectivity index (χ4v) is 5.83. The minimum absolute atomic E-state index is 0.137. The number of allylic oxidation sites excluding steroid dienone is 2. The molecule has 4 aliphatic rings. The predicted octanol–water partition coefficient (Wildman–Crippen LogP) is 5.79. The van der Waals surface area contributed by atoms with Crippen molar-refractivity contribution in [1.29, 1.82) is 0 Å². The van der Waals surface area contributed by atoms with Crippen LogP contribution in [-0.4, -0.2) is 30.7 Å². The van der Waals surface area contributed by atoms with Crippen LogP contribution in [0.15, 0.2) is 11.6 Å². The minimum atomic E-state index is -4.55. The van der Waals surface area contributed by atoms with Gasteiger partial charge in [-0.1, -0.05) is 18.6 Å². The van der Waals surface area contributed by atoms with E-state index in [1.165, 1.54) is 0 Å². The van der Waals surface area contributed by atoms with Crippen molar-refractivity contribution < 1.29 is 26.7 Å². The number of hydrogen-bond acceptors (Lipinski definition) is 1. The lowest BCUT2D eigenvalue weighted by Crippen LogP contribution is -2.46. The van der Waals surface area contributed by atoms with E-state index in [2.05, 4.69) is 13.0 Å². The number of alkyl halides is 5. The molecule has 3 aliphatic carbocycles. The van der Waals surface area contributed by atoms with Gasteiger partial charge in [-0.05, 0) is 62.7 Å². The van der Waals surface area contributed by atoms with Crippen molar-refractivity contribution in [2.24, 2.45) is 29.6 Å². The van der Waals surface area contributed by atoms with Gasteiger partial charge in [-0.15, -0.1) is 0 Å². The third kappa shape index (κ3) is 3.10. The lowest BCUT2D eigenvalue weighted by atomic mass is 9.66. The average Bonchev–Trinajstić information content (AvgIpc) is 2.96. The molecule has 148 valence electrons. The molecule has 0 aromatic carbocycles. The molecule has 0 radical (unpaired) electrons. The van der Waals surface area contributed by atoms with Gasteiger partial charge in [-0.2, -0.15) is 13.2 Å². The molecule has 0 amide bonds. The molecule has 0 aromatic rings. The molecule has 1 heterocycles. The Kier molecular flexibility index (Phi) is 4.85. The average molecular weight is 378 g/mol.